The Morgan fingerprint density at radius 3 is 2.26 bits per heavy atom. The maximum atomic E-state index is 14.2. The fourth-order valence-corrected chi connectivity index (χ4v) is 5.40. The maximum absolute atomic E-state index is 14.2. The zero-order valence-corrected chi connectivity index (χ0v) is 20.1. The molecule has 1 N–H and O–H groups in total. The van der Waals surface area contributed by atoms with Crippen LogP contribution in [0.4, 0.5) is 46.5 Å². The number of benzene rings is 3. The van der Waals surface area contributed by atoms with E-state index in [9.17, 15) is 48.3 Å². The molecule has 3 aromatic rings. The first-order chi connectivity index (χ1) is 18.1. The van der Waals surface area contributed by atoms with Crippen molar-refractivity contribution in [3.8, 4) is 5.75 Å². The summed E-state index contributed by atoms with van der Waals surface area (Å²) < 4.78 is 139. The molecule has 1 aliphatic heterocycles. The second-order valence-electron chi connectivity index (χ2n) is 8.35. The molecule has 0 bridgehead atoms. The number of alkyl halides is 6. The molecule has 3 aromatic carbocycles. The molecule has 0 saturated carbocycles. The number of carbonyl (C=O) groups is 1. The minimum atomic E-state index is -5.08. The standard InChI is InChI=1S/C24H16F8N2O4S/c25-13-4-7-16(8-5-13)39(36,37)34-12-15(11-23(27,28)29)38-20-9-6-14(10-19(20)34)33-22(35)21-17(24(30,31)32)2-1-3-18(21)26/h1-10,15H,11-12H2,(H,33,35). The van der Waals surface area contributed by atoms with Crippen molar-refractivity contribution in [2.75, 3.05) is 16.2 Å². The predicted octanol–water partition coefficient (Wildman–Crippen LogP) is 6.14. The van der Waals surface area contributed by atoms with Gasteiger partial charge < -0.3 is 10.1 Å². The van der Waals surface area contributed by atoms with Crippen LogP contribution in [0.3, 0.4) is 0 Å². The average Bonchev–Trinajstić information content (AvgIpc) is 2.82. The van der Waals surface area contributed by atoms with Crippen LogP contribution in [0.2, 0.25) is 0 Å². The number of rotatable bonds is 5. The Labute approximate surface area is 215 Å². The Hall–Kier alpha value is -3.88. The van der Waals surface area contributed by atoms with E-state index in [-0.39, 0.29) is 17.1 Å². The van der Waals surface area contributed by atoms with Gasteiger partial charge in [0.15, 0.2) is 0 Å². The van der Waals surface area contributed by atoms with Crippen molar-refractivity contribution in [1.82, 2.24) is 0 Å². The van der Waals surface area contributed by atoms with Gasteiger partial charge in [0.2, 0.25) is 0 Å². The molecule has 1 amide bonds. The molecule has 6 nitrogen and oxygen atoms in total. The zero-order valence-electron chi connectivity index (χ0n) is 19.3. The van der Waals surface area contributed by atoms with Crippen molar-refractivity contribution in [3.05, 3.63) is 83.4 Å². The van der Waals surface area contributed by atoms with Crippen LogP contribution < -0.4 is 14.4 Å². The monoisotopic (exact) mass is 580 g/mol. The Bertz CT molecular complexity index is 1510. The number of ether oxygens (including phenoxy) is 1. The van der Waals surface area contributed by atoms with E-state index in [1.165, 1.54) is 0 Å². The van der Waals surface area contributed by atoms with Gasteiger partial charge in [-0.25, -0.2) is 17.2 Å². The fraction of sp³-hybridized carbons (Fsp3) is 0.208. The molecule has 208 valence electrons. The summed E-state index contributed by atoms with van der Waals surface area (Å²) in [6, 6.07) is 8.31. The van der Waals surface area contributed by atoms with Crippen LogP contribution in [-0.4, -0.2) is 33.1 Å². The van der Waals surface area contributed by atoms with Crippen LogP contribution in [0, 0.1) is 11.6 Å². The van der Waals surface area contributed by atoms with Crippen LogP contribution in [0.1, 0.15) is 22.3 Å². The molecule has 0 aliphatic carbocycles. The molecule has 1 aliphatic rings. The summed E-state index contributed by atoms with van der Waals surface area (Å²) >= 11 is 0. The maximum Gasteiger partial charge on any atom is 0.417 e. The van der Waals surface area contributed by atoms with Gasteiger partial charge in [-0.05, 0) is 54.6 Å². The summed E-state index contributed by atoms with van der Waals surface area (Å²) in [5, 5.41) is 2.04. The largest absolute Gasteiger partial charge is 0.486 e. The van der Waals surface area contributed by atoms with E-state index in [1.807, 2.05) is 5.32 Å². The van der Waals surface area contributed by atoms with Crippen molar-refractivity contribution in [3.63, 3.8) is 0 Å². The number of hydrogen-bond acceptors (Lipinski definition) is 4. The van der Waals surface area contributed by atoms with E-state index in [4.69, 9.17) is 4.74 Å². The third kappa shape index (κ3) is 6.08. The number of nitrogens with one attached hydrogen (secondary N) is 1. The van der Waals surface area contributed by atoms with E-state index < -0.39 is 75.0 Å². The van der Waals surface area contributed by atoms with Crippen LogP contribution in [0.5, 0.6) is 5.75 Å². The van der Waals surface area contributed by atoms with E-state index >= 15 is 0 Å². The highest BCUT2D eigenvalue weighted by Gasteiger charge is 2.41. The number of amides is 1. The first-order valence-electron chi connectivity index (χ1n) is 10.9. The third-order valence-electron chi connectivity index (χ3n) is 5.56. The Morgan fingerprint density at radius 2 is 1.64 bits per heavy atom. The van der Waals surface area contributed by atoms with Crippen molar-refractivity contribution in [1.29, 1.82) is 0 Å². The summed E-state index contributed by atoms with van der Waals surface area (Å²) in [4.78, 5) is 12.2. The molecule has 0 radical (unpaired) electrons. The lowest BCUT2D eigenvalue weighted by atomic mass is 10.1. The smallest absolute Gasteiger partial charge is 0.417 e. The van der Waals surface area contributed by atoms with Gasteiger partial charge in [-0.1, -0.05) is 6.07 Å². The molecule has 15 heteroatoms. The van der Waals surface area contributed by atoms with Crippen molar-refractivity contribution in [2.24, 2.45) is 0 Å². The van der Waals surface area contributed by atoms with Gasteiger partial charge in [-0.3, -0.25) is 9.10 Å². The highest BCUT2D eigenvalue weighted by atomic mass is 32.2. The van der Waals surface area contributed by atoms with E-state index in [1.54, 1.807) is 0 Å². The molecule has 1 unspecified atom stereocenters. The number of halogens is 8. The molecule has 1 atom stereocenters. The Morgan fingerprint density at radius 1 is 0.974 bits per heavy atom. The van der Waals surface area contributed by atoms with E-state index in [0.29, 0.717) is 16.4 Å². The quantitative estimate of drug-likeness (QED) is 0.368. The fourth-order valence-electron chi connectivity index (χ4n) is 3.90. The summed E-state index contributed by atoms with van der Waals surface area (Å²) in [5.74, 6) is -4.11. The normalized spacial score (nSPS) is 15.9. The SMILES string of the molecule is O=C(Nc1ccc2c(c1)N(S(=O)(=O)c1ccc(F)cc1)CC(CC(F)(F)F)O2)c1c(F)cccc1C(F)(F)F. The van der Waals surface area contributed by atoms with Crippen LogP contribution in [-0.2, 0) is 16.2 Å². The minimum absolute atomic E-state index is 0.313. The lowest BCUT2D eigenvalue weighted by Crippen LogP contribution is -2.45. The van der Waals surface area contributed by atoms with Gasteiger partial charge in [0, 0.05) is 5.69 Å². The van der Waals surface area contributed by atoms with Crippen LogP contribution in [0.25, 0.3) is 0 Å². The molecule has 0 fully saturated rings. The summed E-state index contributed by atoms with van der Waals surface area (Å²) in [5.41, 5.74) is -3.55. The molecule has 0 spiro atoms. The molecule has 39 heavy (non-hydrogen) atoms. The third-order valence-corrected chi connectivity index (χ3v) is 7.35. The lowest BCUT2D eigenvalue weighted by molar-refractivity contribution is -0.150. The number of nitrogens with zero attached hydrogens (tertiary/aromatic N) is 1. The minimum Gasteiger partial charge on any atom is -0.486 e. The average molecular weight is 580 g/mol. The summed E-state index contributed by atoms with van der Waals surface area (Å²) in [7, 11) is -4.61. The second kappa shape index (κ2) is 10.0. The van der Waals surface area contributed by atoms with Crippen LogP contribution in [0.15, 0.2) is 65.6 Å². The first kappa shape index (κ1) is 28.1. The highest BCUT2D eigenvalue weighted by molar-refractivity contribution is 7.92. The first-order valence-corrected chi connectivity index (χ1v) is 12.3. The van der Waals surface area contributed by atoms with Gasteiger partial charge in [-0.2, -0.15) is 26.3 Å². The van der Waals surface area contributed by atoms with Crippen LogP contribution >= 0.6 is 0 Å². The summed E-state index contributed by atoms with van der Waals surface area (Å²) in [6.45, 7) is -0.838. The molecule has 0 aromatic heterocycles. The number of fused-ring (bicyclic) bond motifs is 1. The van der Waals surface area contributed by atoms with Crippen molar-refractivity contribution >= 4 is 27.3 Å². The number of anilines is 2. The zero-order chi connectivity index (χ0) is 28.8. The van der Waals surface area contributed by atoms with E-state index in [2.05, 4.69) is 0 Å². The molecular weight excluding hydrogens is 564 g/mol. The van der Waals surface area contributed by atoms with Gasteiger partial charge in [-0.15, -0.1) is 0 Å². The number of sulfonamides is 1. The molecule has 0 saturated heterocycles. The molecule has 4 rings (SSSR count). The topological polar surface area (TPSA) is 75.7 Å². The van der Waals surface area contributed by atoms with E-state index in [0.717, 1.165) is 48.5 Å². The van der Waals surface area contributed by atoms with Gasteiger partial charge in [0.05, 0.1) is 34.7 Å². The Kier molecular flexibility index (Phi) is 7.23. The van der Waals surface area contributed by atoms with Gasteiger partial charge >= 0.3 is 12.4 Å². The number of hydrogen-bond donors (Lipinski definition) is 1. The van der Waals surface area contributed by atoms with Gasteiger partial charge in [0.25, 0.3) is 15.9 Å². The van der Waals surface area contributed by atoms with Crippen molar-refractivity contribution < 1.29 is 53.1 Å². The number of carbonyl (C=O) groups excluding carboxylic acids is 1. The lowest BCUT2D eigenvalue weighted by Gasteiger charge is -2.36. The van der Waals surface area contributed by atoms with Gasteiger partial charge in [0.1, 0.15) is 23.5 Å². The summed E-state index contributed by atoms with van der Waals surface area (Å²) in [6.07, 6.45) is -13.0. The molecular formula is C24H16F8N2O4S. The molecule has 1 heterocycles. The van der Waals surface area contributed by atoms with Crippen molar-refractivity contribution in [2.45, 2.75) is 29.8 Å². The Balaban J connectivity index is 1.75. The second-order valence-corrected chi connectivity index (χ2v) is 10.2. The highest BCUT2D eigenvalue weighted by Crippen LogP contribution is 2.41. The predicted molar refractivity (Wildman–Crippen MR) is 122 cm³/mol.